The molecule has 0 aliphatic carbocycles. The third-order valence-corrected chi connectivity index (χ3v) is 5.19. The summed E-state index contributed by atoms with van der Waals surface area (Å²) in [7, 11) is 1.95. The largest absolute Gasteiger partial charge is 0.357 e. The van der Waals surface area contributed by atoms with Crippen molar-refractivity contribution in [2.24, 2.45) is 7.05 Å². The maximum absolute atomic E-state index is 12.7. The minimum absolute atomic E-state index is 0.0622. The van der Waals surface area contributed by atoms with Crippen LogP contribution in [0, 0.1) is 0 Å². The van der Waals surface area contributed by atoms with Crippen molar-refractivity contribution in [1.82, 2.24) is 14.4 Å². The first-order valence-electron chi connectivity index (χ1n) is 9.83. The van der Waals surface area contributed by atoms with Gasteiger partial charge in [0.05, 0.1) is 6.42 Å². The van der Waals surface area contributed by atoms with Crippen LogP contribution in [0.4, 0.5) is 0 Å². The summed E-state index contributed by atoms with van der Waals surface area (Å²) in [5, 5.41) is 0. The highest BCUT2D eigenvalue weighted by molar-refractivity contribution is 5.94. The maximum Gasteiger partial charge on any atom is 0.253 e. The fourth-order valence-electron chi connectivity index (χ4n) is 3.49. The van der Waals surface area contributed by atoms with Crippen LogP contribution in [0.5, 0.6) is 0 Å². The van der Waals surface area contributed by atoms with Crippen molar-refractivity contribution in [2.45, 2.75) is 32.6 Å². The molecule has 2 amide bonds. The summed E-state index contributed by atoms with van der Waals surface area (Å²) in [5.74, 6) is 0.195. The molecule has 0 unspecified atom stereocenters. The van der Waals surface area contributed by atoms with Gasteiger partial charge in [-0.2, -0.15) is 0 Å². The Morgan fingerprint density at radius 3 is 2.19 bits per heavy atom. The number of carbonyl (C=O) groups is 2. The first kappa shape index (κ1) is 19.2. The number of carbonyl (C=O) groups excluding carboxylic acids is 2. The van der Waals surface area contributed by atoms with Crippen LogP contribution in [0.25, 0.3) is 0 Å². The van der Waals surface area contributed by atoms with Crippen molar-refractivity contribution in [3.63, 3.8) is 0 Å². The first-order chi connectivity index (χ1) is 13.1. The van der Waals surface area contributed by atoms with Crippen molar-refractivity contribution in [1.29, 1.82) is 0 Å². The first-order valence-corrected chi connectivity index (χ1v) is 9.83. The zero-order valence-corrected chi connectivity index (χ0v) is 16.4. The molecular weight excluding hydrogens is 338 g/mol. The summed E-state index contributed by atoms with van der Waals surface area (Å²) >= 11 is 0. The summed E-state index contributed by atoms with van der Waals surface area (Å²) in [6, 6.07) is 9.95. The van der Waals surface area contributed by atoms with Gasteiger partial charge in [0.15, 0.2) is 0 Å². The Balaban J connectivity index is 1.50. The summed E-state index contributed by atoms with van der Waals surface area (Å²) in [6.45, 7) is 4.58. The summed E-state index contributed by atoms with van der Waals surface area (Å²) < 4.78 is 1.95. The SMILES string of the molecule is CCCCc1ccc(C(=O)N2CCN(C(=O)Cc3ccn(C)c3)CC2)cc1. The lowest BCUT2D eigenvalue weighted by molar-refractivity contribution is -0.131. The second-order valence-electron chi connectivity index (χ2n) is 7.34. The van der Waals surface area contributed by atoms with Gasteiger partial charge in [-0.25, -0.2) is 0 Å². The fourth-order valence-corrected chi connectivity index (χ4v) is 3.49. The monoisotopic (exact) mass is 367 g/mol. The fraction of sp³-hybridized carbons (Fsp3) is 0.455. The Morgan fingerprint density at radius 2 is 1.59 bits per heavy atom. The number of piperazine rings is 1. The normalized spacial score (nSPS) is 14.4. The summed E-state index contributed by atoms with van der Waals surface area (Å²) in [4.78, 5) is 28.9. The molecule has 0 N–H and O–H groups in total. The zero-order chi connectivity index (χ0) is 19.2. The summed E-state index contributed by atoms with van der Waals surface area (Å²) in [5.41, 5.74) is 3.05. The highest BCUT2D eigenvalue weighted by Crippen LogP contribution is 2.13. The molecule has 5 heteroatoms. The average molecular weight is 367 g/mol. The molecule has 144 valence electrons. The number of hydrogen-bond donors (Lipinski definition) is 0. The van der Waals surface area contributed by atoms with E-state index in [1.165, 1.54) is 18.4 Å². The molecule has 2 heterocycles. The highest BCUT2D eigenvalue weighted by atomic mass is 16.2. The minimum Gasteiger partial charge on any atom is -0.357 e. The van der Waals surface area contributed by atoms with Crippen LogP contribution in [0.1, 0.15) is 41.3 Å². The van der Waals surface area contributed by atoms with Gasteiger partial charge in [-0.05, 0) is 42.2 Å². The van der Waals surface area contributed by atoms with E-state index >= 15 is 0 Å². The molecular formula is C22H29N3O2. The zero-order valence-electron chi connectivity index (χ0n) is 16.4. The molecule has 1 fully saturated rings. The van der Waals surface area contributed by atoms with E-state index in [0.717, 1.165) is 17.5 Å². The lowest BCUT2D eigenvalue weighted by Crippen LogP contribution is -2.51. The molecule has 2 aromatic rings. The lowest BCUT2D eigenvalue weighted by Gasteiger charge is -2.35. The van der Waals surface area contributed by atoms with E-state index in [-0.39, 0.29) is 11.8 Å². The molecule has 5 nitrogen and oxygen atoms in total. The highest BCUT2D eigenvalue weighted by Gasteiger charge is 2.24. The van der Waals surface area contributed by atoms with E-state index in [9.17, 15) is 9.59 Å². The van der Waals surface area contributed by atoms with Gasteiger partial charge in [0.25, 0.3) is 5.91 Å². The van der Waals surface area contributed by atoms with Gasteiger partial charge in [-0.3, -0.25) is 9.59 Å². The van der Waals surface area contributed by atoms with Gasteiger partial charge in [-0.15, -0.1) is 0 Å². The minimum atomic E-state index is 0.0622. The van der Waals surface area contributed by atoms with Crippen LogP contribution in [-0.2, 0) is 24.7 Å². The summed E-state index contributed by atoms with van der Waals surface area (Å²) in [6.07, 6.45) is 7.76. The molecule has 1 aromatic heterocycles. The molecule has 0 bridgehead atoms. The number of unbranched alkanes of at least 4 members (excludes halogenated alkanes) is 1. The smallest absolute Gasteiger partial charge is 0.253 e. The van der Waals surface area contributed by atoms with Crippen LogP contribution in [0.2, 0.25) is 0 Å². The van der Waals surface area contributed by atoms with Crippen LogP contribution in [-0.4, -0.2) is 52.4 Å². The van der Waals surface area contributed by atoms with Gasteiger partial charge < -0.3 is 14.4 Å². The quantitative estimate of drug-likeness (QED) is 0.788. The predicted octanol–water partition coefficient (Wildman–Crippen LogP) is 2.89. The van der Waals surface area contributed by atoms with Crippen LogP contribution >= 0.6 is 0 Å². The Morgan fingerprint density at radius 1 is 0.926 bits per heavy atom. The topological polar surface area (TPSA) is 45.6 Å². The van der Waals surface area contributed by atoms with E-state index in [1.807, 2.05) is 52.0 Å². The molecule has 27 heavy (non-hydrogen) atoms. The number of aryl methyl sites for hydroxylation is 2. The molecule has 1 aliphatic rings. The third-order valence-electron chi connectivity index (χ3n) is 5.19. The number of hydrogen-bond acceptors (Lipinski definition) is 2. The molecule has 1 aliphatic heterocycles. The number of amides is 2. The van der Waals surface area contributed by atoms with Gasteiger partial charge in [0.2, 0.25) is 5.91 Å². The number of aromatic nitrogens is 1. The van der Waals surface area contributed by atoms with Crippen molar-refractivity contribution in [2.75, 3.05) is 26.2 Å². The van der Waals surface area contributed by atoms with Crippen LogP contribution in [0.15, 0.2) is 42.7 Å². The van der Waals surface area contributed by atoms with Gasteiger partial charge >= 0.3 is 0 Å². The molecule has 1 aromatic carbocycles. The van der Waals surface area contributed by atoms with Crippen molar-refractivity contribution in [3.05, 3.63) is 59.4 Å². The van der Waals surface area contributed by atoms with E-state index in [4.69, 9.17) is 0 Å². The van der Waals surface area contributed by atoms with Gasteiger partial charge in [0.1, 0.15) is 0 Å². The second-order valence-corrected chi connectivity index (χ2v) is 7.34. The van der Waals surface area contributed by atoms with Crippen molar-refractivity contribution < 1.29 is 9.59 Å². The Kier molecular flexibility index (Phi) is 6.32. The molecule has 0 spiro atoms. The number of rotatable bonds is 6. The van der Waals surface area contributed by atoms with Crippen molar-refractivity contribution >= 4 is 11.8 Å². The predicted molar refractivity (Wildman–Crippen MR) is 107 cm³/mol. The Hall–Kier alpha value is -2.56. The molecule has 3 rings (SSSR count). The van der Waals surface area contributed by atoms with Crippen molar-refractivity contribution in [3.8, 4) is 0 Å². The third kappa shape index (κ3) is 5.00. The van der Waals surface area contributed by atoms with Crippen LogP contribution in [0.3, 0.4) is 0 Å². The standard InChI is InChI=1S/C22H29N3O2/c1-3-4-5-18-6-8-20(9-7-18)22(27)25-14-12-24(13-15-25)21(26)16-19-10-11-23(2)17-19/h6-11,17H,3-5,12-16H2,1-2H3. The van der Waals surface area contributed by atoms with Gasteiger partial charge in [-0.1, -0.05) is 25.5 Å². The Bertz CT molecular complexity index is 771. The van der Waals surface area contributed by atoms with Crippen LogP contribution < -0.4 is 0 Å². The number of nitrogens with zero attached hydrogens (tertiary/aromatic N) is 3. The Labute approximate surface area is 161 Å². The van der Waals surface area contributed by atoms with E-state index in [1.54, 1.807) is 0 Å². The lowest BCUT2D eigenvalue weighted by atomic mass is 10.1. The molecule has 1 saturated heterocycles. The average Bonchev–Trinajstić information content (AvgIpc) is 3.11. The van der Waals surface area contributed by atoms with E-state index in [2.05, 4.69) is 19.1 Å². The van der Waals surface area contributed by atoms with E-state index < -0.39 is 0 Å². The molecule has 0 atom stereocenters. The number of benzene rings is 1. The second kappa shape index (κ2) is 8.89. The molecule has 0 radical (unpaired) electrons. The van der Waals surface area contributed by atoms with E-state index in [0.29, 0.717) is 32.6 Å². The van der Waals surface area contributed by atoms with Gasteiger partial charge in [0, 0.05) is 51.2 Å². The maximum atomic E-state index is 12.7. The molecule has 0 saturated carbocycles.